The summed E-state index contributed by atoms with van der Waals surface area (Å²) >= 11 is 0. The zero-order chi connectivity index (χ0) is 17.4. The summed E-state index contributed by atoms with van der Waals surface area (Å²) in [5, 5.41) is 4.59. The number of hydrogen-bond donors (Lipinski definition) is 0. The van der Waals surface area contributed by atoms with Crippen LogP contribution in [0.25, 0.3) is 10.9 Å². The molecule has 1 aromatic carbocycles. The zero-order valence-corrected chi connectivity index (χ0v) is 13.8. The fourth-order valence-electron chi connectivity index (χ4n) is 3.28. The van der Waals surface area contributed by atoms with Crippen LogP contribution < -0.4 is 0 Å². The molecule has 2 aromatic heterocycles. The van der Waals surface area contributed by atoms with E-state index in [-0.39, 0.29) is 17.8 Å². The van der Waals surface area contributed by atoms with Gasteiger partial charge >= 0.3 is 0 Å². The summed E-state index contributed by atoms with van der Waals surface area (Å²) < 4.78 is 18.5. The van der Waals surface area contributed by atoms with Gasteiger partial charge in [-0.3, -0.25) is 9.78 Å². The van der Waals surface area contributed by atoms with Gasteiger partial charge in [0.15, 0.2) is 5.82 Å². The van der Waals surface area contributed by atoms with Gasteiger partial charge in [0.05, 0.1) is 17.1 Å². The number of halogens is 1. The molecule has 1 fully saturated rings. The molecule has 3 heterocycles. The van der Waals surface area contributed by atoms with E-state index in [1.165, 1.54) is 18.3 Å². The fraction of sp³-hybridized carbons (Fsp3) is 0.333. The fourth-order valence-corrected chi connectivity index (χ4v) is 3.28. The van der Waals surface area contributed by atoms with Gasteiger partial charge in [-0.1, -0.05) is 5.16 Å². The Morgan fingerprint density at radius 1 is 1.32 bits per heavy atom. The van der Waals surface area contributed by atoms with Gasteiger partial charge in [0, 0.05) is 25.1 Å². The molecular formula is C18H17FN4O2. The van der Waals surface area contributed by atoms with E-state index in [0.717, 1.165) is 19.3 Å². The van der Waals surface area contributed by atoms with Gasteiger partial charge in [-0.05, 0) is 43.5 Å². The smallest absolute Gasteiger partial charge is 0.256 e. The molecule has 0 N–H and O–H groups in total. The molecule has 0 saturated carbocycles. The van der Waals surface area contributed by atoms with Crippen LogP contribution in [-0.4, -0.2) is 32.5 Å². The number of aryl methyl sites for hydroxylation is 1. The number of fused-ring (bicyclic) bond motifs is 1. The van der Waals surface area contributed by atoms with E-state index < -0.39 is 0 Å². The van der Waals surface area contributed by atoms with E-state index in [4.69, 9.17) is 4.52 Å². The molecule has 1 unspecified atom stereocenters. The molecule has 0 bridgehead atoms. The number of hydrogen-bond acceptors (Lipinski definition) is 5. The summed E-state index contributed by atoms with van der Waals surface area (Å²) in [6.07, 6.45) is 4.26. The number of likely N-dealkylation sites (tertiary alicyclic amines) is 1. The molecule has 25 heavy (non-hydrogen) atoms. The van der Waals surface area contributed by atoms with Crippen molar-refractivity contribution in [3.63, 3.8) is 0 Å². The van der Waals surface area contributed by atoms with Crippen molar-refractivity contribution in [1.29, 1.82) is 0 Å². The van der Waals surface area contributed by atoms with Crippen molar-refractivity contribution in [2.24, 2.45) is 0 Å². The summed E-state index contributed by atoms with van der Waals surface area (Å²) in [5.41, 5.74) is 1.09. The van der Waals surface area contributed by atoms with Gasteiger partial charge in [-0.15, -0.1) is 0 Å². The largest absolute Gasteiger partial charge is 0.340 e. The Morgan fingerprint density at radius 2 is 2.20 bits per heavy atom. The molecule has 1 atom stereocenters. The number of pyridine rings is 1. The Bertz CT molecular complexity index is 940. The molecule has 1 saturated heterocycles. The van der Waals surface area contributed by atoms with E-state index in [1.807, 2.05) is 0 Å². The van der Waals surface area contributed by atoms with Crippen molar-refractivity contribution in [2.75, 3.05) is 6.54 Å². The van der Waals surface area contributed by atoms with Gasteiger partial charge in [0.1, 0.15) is 5.82 Å². The molecular weight excluding hydrogens is 323 g/mol. The van der Waals surface area contributed by atoms with Gasteiger partial charge in [-0.25, -0.2) is 4.39 Å². The standard InChI is InChI=1S/C18H17FN4O2/c1-11-21-17(22-25-11)16-4-2-3-7-23(16)18(24)13-8-12-9-14(19)5-6-15(12)20-10-13/h5-6,8-10,16H,2-4,7H2,1H3. The lowest BCUT2D eigenvalue weighted by molar-refractivity contribution is 0.0596. The Morgan fingerprint density at radius 3 is 3.00 bits per heavy atom. The van der Waals surface area contributed by atoms with Crippen molar-refractivity contribution in [2.45, 2.75) is 32.2 Å². The predicted molar refractivity (Wildman–Crippen MR) is 88.4 cm³/mol. The minimum atomic E-state index is -0.350. The first-order valence-electron chi connectivity index (χ1n) is 8.28. The van der Waals surface area contributed by atoms with Crippen LogP contribution in [0.5, 0.6) is 0 Å². The number of piperidine rings is 1. The van der Waals surface area contributed by atoms with Crippen LogP contribution in [0.4, 0.5) is 4.39 Å². The maximum Gasteiger partial charge on any atom is 0.256 e. The Kier molecular flexibility index (Phi) is 3.91. The highest BCUT2D eigenvalue weighted by atomic mass is 19.1. The highest BCUT2D eigenvalue weighted by Crippen LogP contribution is 2.30. The lowest BCUT2D eigenvalue weighted by Crippen LogP contribution is -2.39. The molecule has 0 aliphatic carbocycles. The maximum absolute atomic E-state index is 13.5. The van der Waals surface area contributed by atoms with Gasteiger partial charge < -0.3 is 9.42 Å². The molecule has 128 valence electrons. The van der Waals surface area contributed by atoms with Crippen LogP contribution in [-0.2, 0) is 0 Å². The van der Waals surface area contributed by atoms with Crippen molar-refractivity contribution in [3.8, 4) is 0 Å². The molecule has 0 radical (unpaired) electrons. The number of benzene rings is 1. The number of nitrogens with zero attached hydrogens (tertiary/aromatic N) is 4. The van der Waals surface area contributed by atoms with Crippen LogP contribution in [0.15, 0.2) is 35.0 Å². The molecule has 7 heteroatoms. The SMILES string of the molecule is Cc1nc(C2CCCCN2C(=O)c2cnc3ccc(F)cc3c2)no1. The summed E-state index contributed by atoms with van der Waals surface area (Å²) in [6.45, 7) is 2.35. The van der Waals surface area contributed by atoms with Crippen molar-refractivity contribution >= 4 is 16.8 Å². The third kappa shape index (κ3) is 2.97. The molecule has 1 amide bonds. The van der Waals surface area contributed by atoms with Crippen LogP contribution in [0.1, 0.15) is 47.4 Å². The second kappa shape index (κ2) is 6.23. The topological polar surface area (TPSA) is 72.1 Å². The third-order valence-corrected chi connectivity index (χ3v) is 4.50. The van der Waals surface area contributed by atoms with Gasteiger partial charge in [0.2, 0.25) is 5.89 Å². The number of carbonyl (C=O) groups excluding carboxylic acids is 1. The van der Waals surface area contributed by atoms with Crippen molar-refractivity contribution < 1.29 is 13.7 Å². The molecule has 6 nitrogen and oxygen atoms in total. The van der Waals surface area contributed by atoms with E-state index >= 15 is 0 Å². The first-order valence-corrected chi connectivity index (χ1v) is 8.28. The van der Waals surface area contributed by atoms with Gasteiger partial charge in [0.25, 0.3) is 5.91 Å². The Hall–Kier alpha value is -2.83. The molecule has 3 aromatic rings. The minimum absolute atomic E-state index is 0.147. The molecule has 0 spiro atoms. The third-order valence-electron chi connectivity index (χ3n) is 4.50. The Balaban J connectivity index is 1.68. The van der Waals surface area contributed by atoms with E-state index in [2.05, 4.69) is 15.1 Å². The highest BCUT2D eigenvalue weighted by molar-refractivity contribution is 5.97. The quantitative estimate of drug-likeness (QED) is 0.714. The molecule has 1 aliphatic rings. The lowest BCUT2D eigenvalue weighted by Gasteiger charge is -2.33. The highest BCUT2D eigenvalue weighted by Gasteiger charge is 2.32. The number of rotatable bonds is 2. The first kappa shape index (κ1) is 15.7. The molecule has 1 aliphatic heterocycles. The van der Waals surface area contributed by atoms with E-state index in [1.54, 1.807) is 24.0 Å². The zero-order valence-electron chi connectivity index (χ0n) is 13.8. The second-order valence-electron chi connectivity index (χ2n) is 6.24. The predicted octanol–water partition coefficient (Wildman–Crippen LogP) is 3.43. The first-order chi connectivity index (χ1) is 12.1. The normalized spacial score (nSPS) is 17.8. The van der Waals surface area contributed by atoms with Crippen LogP contribution in [0.2, 0.25) is 0 Å². The summed E-state index contributed by atoms with van der Waals surface area (Å²) in [7, 11) is 0. The van der Waals surface area contributed by atoms with Crippen LogP contribution >= 0.6 is 0 Å². The number of carbonyl (C=O) groups is 1. The second-order valence-corrected chi connectivity index (χ2v) is 6.24. The van der Waals surface area contributed by atoms with Gasteiger partial charge in [-0.2, -0.15) is 4.98 Å². The van der Waals surface area contributed by atoms with E-state index in [9.17, 15) is 9.18 Å². The average Bonchev–Trinajstić information content (AvgIpc) is 3.06. The summed E-state index contributed by atoms with van der Waals surface area (Å²) in [5.74, 6) is 0.518. The monoisotopic (exact) mass is 340 g/mol. The van der Waals surface area contributed by atoms with Crippen LogP contribution in [0, 0.1) is 12.7 Å². The maximum atomic E-state index is 13.5. The summed E-state index contributed by atoms with van der Waals surface area (Å²) in [6, 6.07) is 5.82. The minimum Gasteiger partial charge on any atom is -0.340 e. The van der Waals surface area contributed by atoms with Crippen molar-refractivity contribution in [1.82, 2.24) is 20.0 Å². The number of aromatic nitrogens is 3. The lowest BCUT2D eigenvalue weighted by atomic mass is 10.00. The molecule has 4 rings (SSSR count). The van der Waals surface area contributed by atoms with E-state index in [0.29, 0.717) is 34.7 Å². The Labute approximate surface area is 143 Å². The summed E-state index contributed by atoms with van der Waals surface area (Å²) in [4.78, 5) is 23.3. The van der Waals surface area contributed by atoms with Crippen molar-refractivity contribution in [3.05, 3.63) is 53.6 Å². The average molecular weight is 340 g/mol. The number of amides is 1. The van der Waals surface area contributed by atoms with Crippen LogP contribution in [0.3, 0.4) is 0 Å².